The summed E-state index contributed by atoms with van der Waals surface area (Å²) < 4.78 is 0. The van der Waals surface area contributed by atoms with Crippen molar-refractivity contribution in [2.45, 2.75) is 70.1 Å². The fourth-order valence-corrected chi connectivity index (χ4v) is 3.55. The van der Waals surface area contributed by atoms with E-state index in [2.05, 4.69) is 28.6 Å². The average molecular weight is 494 g/mol. The zero-order valence-electron chi connectivity index (χ0n) is 19.1. The first-order chi connectivity index (χ1) is 15.1. The van der Waals surface area contributed by atoms with Gasteiger partial charge in [-0.1, -0.05) is 26.7 Å². The molecule has 0 aliphatic carbocycles. The molecular weight excluding hydrogens is 454 g/mol. The molecule has 0 spiro atoms. The van der Waals surface area contributed by atoms with Crippen LogP contribution in [0.1, 0.15) is 46.0 Å². The lowest BCUT2D eigenvalue weighted by atomic mass is 9.98. The van der Waals surface area contributed by atoms with E-state index in [9.17, 15) is 24.3 Å². The number of aliphatic carboxylic acids is 1. The summed E-state index contributed by atoms with van der Waals surface area (Å²) in [7, 11) is 0. The van der Waals surface area contributed by atoms with Gasteiger partial charge in [-0.15, -0.1) is 0 Å². The van der Waals surface area contributed by atoms with E-state index in [1.807, 2.05) is 13.2 Å². The largest absolute Gasteiger partial charge is 0.480 e. The van der Waals surface area contributed by atoms with E-state index in [4.69, 9.17) is 11.5 Å². The van der Waals surface area contributed by atoms with Gasteiger partial charge in [0.15, 0.2) is 0 Å². The molecule has 32 heavy (non-hydrogen) atoms. The first-order valence-electron chi connectivity index (χ1n) is 10.8. The van der Waals surface area contributed by atoms with E-state index in [0.29, 0.717) is 38.0 Å². The summed E-state index contributed by atoms with van der Waals surface area (Å²) in [6.45, 7) is 4.08. The Morgan fingerprint density at radius 1 is 1.00 bits per heavy atom. The summed E-state index contributed by atoms with van der Waals surface area (Å²) in [5.41, 5.74) is 11.3. The van der Waals surface area contributed by atoms with E-state index in [0.717, 1.165) is 6.42 Å². The second-order valence-corrected chi connectivity index (χ2v) is 9.04. The smallest absolute Gasteiger partial charge is 0.326 e. The van der Waals surface area contributed by atoms with Gasteiger partial charge in [0.1, 0.15) is 18.1 Å². The number of carboxylic acids is 1. The highest BCUT2D eigenvalue weighted by Crippen LogP contribution is 2.10. The van der Waals surface area contributed by atoms with Crippen LogP contribution in [-0.4, -0.2) is 77.3 Å². The molecule has 5 atom stereocenters. The van der Waals surface area contributed by atoms with E-state index >= 15 is 0 Å². The van der Waals surface area contributed by atoms with Gasteiger partial charge in [-0.25, -0.2) is 4.79 Å². The minimum Gasteiger partial charge on any atom is -0.480 e. The summed E-state index contributed by atoms with van der Waals surface area (Å²) in [4.78, 5) is 49.4. The Labute approximate surface area is 200 Å². The number of unbranched alkanes of at least 4 members (excludes halogenated alkanes) is 1. The lowest BCUT2D eigenvalue weighted by Gasteiger charge is -2.26. The van der Waals surface area contributed by atoms with Crippen molar-refractivity contribution in [1.82, 2.24) is 16.0 Å². The predicted molar refractivity (Wildman–Crippen MR) is 131 cm³/mol. The Bertz CT molecular complexity index is 611. The van der Waals surface area contributed by atoms with Gasteiger partial charge in [0.2, 0.25) is 17.7 Å². The van der Waals surface area contributed by atoms with Crippen LogP contribution >= 0.6 is 24.4 Å². The predicted octanol–water partition coefficient (Wildman–Crippen LogP) is -0.289. The number of nitrogens with two attached hydrogens (primary N) is 2. The van der Waals surface area contributed by atoms with Gasteiger partial charge >= 0.3 is 5.97 Å². The van der Waals surface area contributed by atoms with Crippen LogP contribution in [0.2, 0.25) is 0 Å². The van der Waals surface area contributed by atoms with Crippen LogP contribution in [0.5, 0.6) is 0 Å². The van der Waals surface area contributed by atoms with Crippen molar-refractivity contribution in [1.29, 1.82) is 0 Å². The van der Waals surface area contributed by atoms with Crippen LogP contribution in [0.4, 0.5) is 0 Å². The molecule has 0 heterocycles. The number of amides is 3. The first-order valence-corrected chi connectivity index (χ1v) is 12.8. The topological polar surface area (TPSA) is 177 Å². The molecule has 5 unspecified atom stereocenters. The minimum absolute atomic E-state index is 0.00851. The van der Waals surface area contributed by atoms with Crippen LogP contribution in [-0.2, 0) is 19.2 Å². The van der Waals surface area contributed by atoms with Crippen LogP contribution in [0.25, 0.3) is 0 Å². The molecule has 0 rings (SSSR count). The second kappa shape index (κ2) is 17.0. The van der Waals surface area contributed by atoms with E-state index < -0.39 is 47.9 Å². The molecule has 12 heteroatoms. The molecule has 10 nitrogen and oxygen atoms in total. The molecule has 186 valence electrons. The maximum atomic E-state index is 12.8. The molecule has 0 bridgehead atoms. The highest BCUT2D eigenvalue weighted by Gasteiger charge is 2.31. The Balaban J connectivity index is 5.17. The van der Waals surface area contributed by atoms with Crippen molar-refractivity contribution in [2.75, 3.05) is 24.3 Å². The summed E-state index contributed by atoms with van der Waals surface area (Å²) in [5, 5.41) is 17.2. The fraction of sp³-hybridized carbons (Fsp3) is 0.800. The van der Waals surface area contributed by atoms with Gasteiger partial charge in [0.05, 0.1) is 6.04 Å². The SMILES string of the molecule is CCC(C)C(NC(=O)C(CCSC)NC(=O)C(CS)NC(=O)C(N)CCCCN)C(=O)O. The second-order valence-electron chi connectivity index (χ2n) is 7.69. The fourth-order valence-electron chi connectivity index (χ4n) is 2.83. The third-order valence-corrected chi connectivity index (χ3v) is 6.15. The molecule has 0 aromatic rings. The third-order valence-electron chi connectivity index (χ3n) is 5.14. The summed E-state index contributed by atoms with van der Waals surface area (Å²) in [6, 6.07) is -3.77. The quantitative estimate of drug-likeness (QED) is 0.107. The summed E-state index contributed by atoms with van der Waals surface area (Å²) in [5.74, 6) is -2.48. The molecule has 0 aromatic carbocycles. The minimum atomic E-state index is -1.13. The number of carbonyl (C=O) groups excluding carboxylic acids is 3. The van der Waals surface area contributed by atoms with Gasteiger partial charge in [-0.2, -0.15) is 24.4 Å². The van der Waals surface area contributed by atoms with Crippen molar-refractivity contribution in [3.8, 4) is 0 Å². The van der Waals surface area contributed by atoms with Gasteiger partial charge in [0.25, 0.3) is 0 Å². The van der Waals surface area contributed by atoms with Crippen molar-refractivity contribution in [3.05, 3.63) is 0 Å². The number of rotatable bonds is 17. The lowest BCUT2D eigenvalue weighted by Crippen LogP contribution is -2.58. The first kappa shape index (κ1) is 30.5. The average Bonchev–Trinajstić information content (AvgIpc) is 2.77. The van der Waals surface area contributed by atoms with Crippen molar-refractivity contribution in [2.24, 2.45) is 17.4 Å². The number of carboxylic acid groups (broad SMARTS) is 1. The standard InChI is InChI=1S/C20H39N5O5S2/c1-4-12(2)16(20(29)30)25-18(27)14(8-10-32-3)23-19(28)15(11-31)24-17(26)13(22)7-5-6-9-21/h12-16,31H,4-11,21-22H2,1-3H3,(H,23,28)(H,24,26)(H,25,27)(H,29,30). The Hall–Kier alpha value is -1.50. The van der Waals surface area contributed by atoms with Crippen LogP contribution < -0.4 is 27.4 Å². The molecule has 0 radical (unpaired) electrons. The molecule has 0 saturated heterocycles. The van der Waals surface area contributed by atoms with Crippen LogP contribution in [0.3, 0.4) is 0 Å². The summed E-state index contributed by atoms with van der Waals surface area (Å²) >= 11 is 5.63. The number of hydrogen-bond donors (Lipinski definition) is 7. The number of thiol groups is 1. The van der Waals surface area contributed by atoms with E-state index in [1.54, 1.807) is 6.92 Å². The number of thioether (sulfide) groups is 1. The Morgan fingerprint density at radius 2 is 1.59 bits per heavy atom. The molecule has 0 aliphatic heterocycles. The number of carbonyl (C=O) groups is 4. The Kier molecular flexibility index (Phi) is 16.2. The third kappa shape index (κ3) is 11.4. The molecule has 0 aromatic heterocycles. The highest BCUT2D eigenvalue weighted by atomic mass is 32.2. The Morgan fingerprint density at radius 3 is 2.09 bits per heavy atom. The normalized spacial score (nSPS) is 15.7. The van der Waals surface area contributed by atoms with Crippen molar-refractivity contribution >= 4 is 48.1 Å². The van der Waals surface area contributed by atoms with Gasteiger partial charge in [-0.3, -0.25) is 14.4 Å². The number of nitrogens with one attached hydrogen (secondary N) is 3. The lowest BCUT2D eigenvalue weighted by molar-refractivity contribution is -0.143. The van der Waals surface area contributed by atoms with Crippen LogP contribution in [0, 0.1) is 5.92 Å². The van der Waals surface area contributed by atoms with Gasteiger partial charge in [-0.05, 0) is 43.7 Å². The van der Waals surface area contributed by atoms with Crippen molar-refractivity contribution in [3.63, 3.8) is 0 Å². The summed E-state index contributed by atoms with van der Waals surface area (Å²) in [6.07, 6.45) is 4.61. The van der Waals surface area contributed by atoms with Crippen molar-refractivity contribution < 1.29 is 24.3 Å². The van der Waals surface area contributed by atoms with E-state index in [1.165, 1.54) is 11.8 Å². The molecule has 3 amide bonds. The zero-order valence-corrected chi connectivity index (χ0v) is 20.8. The van der Waals surface area contributed by atoms with E-state index in [-0.39, 0.29) is 11.7 Å². The molecule has 0 saturated carbocycles. The number of hydrogen-bond acceptors (Lipinski definition) is 8. The zero-order chi connectivity index (χ0) is 24.7. The van der Waals surface area contributed by atoms with Gasteiger partial charge < -0.3 is 32.5 Å². The maximum absolute atomic E-state index is 12.8. The maximum Gasteiger partial charge on any atom is 0.326 e. The monoisotopic (exact) mass is 493 g/mol. The molecule has 0 fully saturated rings. The van der Waals surface area contributed by atoms with Crippen LogP contribution in [0.15, 0.2) is 0 Å². The molecule has 8 N–H and O–H groups in total. The van der Waals surface area contributed by atoms with Gasteiger partial charge in [0, 0.05) is 5.75 Å². The highest BCUT2D eigenvalue weighted by molar-refractivity contribution is 7.98. The molecular formula is C20H39N5O5S2. The molecule has 0 aliphatic rings.